The first-order valence-corrected chi connectivity index (χ1v) is 18.6. The van der Waals surface area contributed by atoms with Crippen LogP contribution >= 0.6 is 0 Å². The molecule has 250 valence electrons. The predicted molar refractivity (Wildman–Crippen MR) is 175 cm³/mol. The lowest BCUT2D eigenvalue weighted by atomic mass is 10.00. The summed E-state index contributed by atoms with van der Waals surface area (Å²) in [5, 5.41) is 14.4. The number of aliphatic hydroxyl groups is 1. The zero-order valence-electron chi connectivity index (χ0n) is 26.4. The van der Waals surface area contributed by atoms with Gasteiger partial charge in [-0.2, -0.15) is 4.31 Å². The average Bonchev–Trinajstić information content (AvgIpc) is 3.03. The van der Waals surface area contributed by atoms with Crippen molar-refractivity contribution in [3.63, 3.8) is 0 Å². The molecule has 1 aliphatic rings. The number of aliphatic hydroxyl groups excluding tert-OH is 1. The van der Waals surface area contributed by atoms with E-state index in [1.807, 2.05) is 44.2 Å². The molecule has 3 atom stereocenters. The van der Waals surface area contributed by atoms with Gasteiger partial charge in [-0.05, 0) is 42.2 Å². The lowest BCUT2D eigenvalue weighted by Gasteiger charge is -2.31. The number of sulfonamides is 1. The molecule has 0 aliphatic carbocycles. The Hall–Kier alpha value is -3.52. The van der Waals surface area contributed by atoms with Crippen LogP contribution in [0.4, 0.5) is 0 Å². The molecule has 3 aromatic rings. The number of carbonyl (C=O) groups excluding carboxylic acids is 1. The van der Waals surface area contributed by atoms with E-state index in [0.29, 0.717) is 30.4 Å². The Kier molecular flexibility index (Phi) is 12.2. The topological polar surface area (TPSA) is 152 Å². The number of ether oxygens (including phenoxy) is 2. The number of nitrogens with zero attached hydrogens (tertiary/aromatic N) is 2. The number of fused-ring (bicyclic) bond motifs is 1. The van der Waals surface area contributed by atoms with Crippen molar-refractivity contribution in [3.05, 3.63) is 84.2 Å². The van der Waals surface area contributed by atoms with Gasteiger partial charge < -0.3 is 19.9 Å². The van der Waals surface area contributed by atoms with Crippen LogP contribution in [0.3, 0.4) is 0 Å². The molecule has 2 heterocycles. The first-order chi connectivity index (χ1) is 21.8. The Morgan fingerprint density at radius 1 is 0.935 bits per heavy atom. The second kappa shape index (κ2) is 15.9. The number of aryl methyl sites for hydroxylation is 1. The van der Waals surface area contributed by atoms with Gasteiger partial charge in [-0.25, -0.2) is 16.8 Å². The summed E-state index contributed by atoms with van der Waals surface area (Å²) in [5.41, 5.74) is 1.46. The molecule has 0 radical (unpaired) electrons. The van der Waals surface area contributed by atoms with Crippen molar-refractivity contribution < 1.29 is 36.2 Å². The molecule has 0 saturated heterocycles. The van der Waals surface area contributed by atoms with E-state index in [0.717, 1.165) is 5.56 Å². The Balaban J connectivity index is 1.51. The number of hydrogen-bond donors (Lipinski definition) is 2. The van der Waals surface area contributed by atoms with Crippen molar-refractivity contribution in [2.24, 2.45) is 11.8 Å². The van der Waals surface area contributed by atoms with Crippen LogP contribution in [0.1, 0.15) is 32.0 Å². The van der Waals surface area contributed by atoms with E-state index in [1.165, 1.54) is 23.4 Å². The normalized spacial score (nSPS) is 15.3. The van der Waals surface area contributed by atoms with Gasteiger partial charge in [0, 0.05) is 43.4 Å². The van der Waals surface area contributed by atoms with Crippen LogP contribution in [0, 0.1) is 11.8 Å². The Labute approximate surface area is 271 Å². The molecule has 4 rings (SSSR count). The van der Waals surface area contributed by atoms with Gasteiger partial charge in [0.1, 0.15) is 13.2 Å². The first-order valence-electron chi connectivity index (χ1n) is 15.4. The van der Waals surface area contributed by atoms with Crippen LogP contribution in [-0.2, 0) is 37.5 Å². The SMILES string of the molecule is CC(C)CN(C[C@@H](O)C(Cc1ccccc1)NC(=O)[C@H](C)CS(=O)(=O)CCc1ccccn1)S(=O)(=O)c1ccc2c(c1)OCCO2. The third-order valence-corrected chi connectivity index (χ3v) is 11.2. The fourth-order valence-electron chi connectivity index (χ4n) is 5.17. The number of sulfone groups is 1. The summed E-state index contributed by atoms with van der Waals surface area (Å²) in [7, 11) is -7.69. The van der Waals surface area contributed by atoms with Gasteiger partial charge in [-0.1, -0.05) is 57.2 Å². The minimum Gasteiger partial charge on any atom is -0.486 e. The van der Waals surface area contributed by atoms with Gasteiger partial charge in [0.15, 0.2) is 21.3 Å². The number of rotatable bonds is 16. The molecule has 0 saturated carbocycles. The zero-order chi connectivity index (χ0) is 33.3. The van der Waals surface area contributed by atoms with Crippen LogP contribution < -0.4 is 14.8 Å². The molecule has 0 fully saturated rings. The minimum atomic E-state index is -4.09. The molecule has 1 unspecified atom stereocenters. The maximum Gasteiger partial charge on any atom is 0.243 e. The van der Waals surface area contributed by atoms with Gasteiger partial charge in [0.05, 0.1) is 28.5 Å². The van der Waals surface area contributed by atoms with Crippen molar-refractivity contribution in [2.75, 3.05) is 37.8 Å². The van der Waals surface area contributed by atoms with Gasteiger partial charge in [0.2, 0.25) is 15.9 Å². The predicted octanol–water partition coefficient (Wildman–Crippen LogP) is 2.88. The molecule has 2 aromatic carbocycles. The van der Waals surface area contributed by atoms with E-state index < -0.39 is 43.8 Å². The number of amides is 1. The fourth-order valence-corrected chi connectivity index (χ4v) is 8.41. The van der Waals surface area contributed by atoms with Gasteiger partial charge in [0.25, 0.3) is 0 Å². The highest BCUT2D eigenvalue weighted by Crippen LogP contribution is 2.33. The summed E-state index contributed by atoms with van der Waals surface area (Å²) in [4.78, 5) is 17.5. The molecule has 11 nitrogen and oxygen atoms in total. The van der Waals surface area contributed by atoms with Gasteiger partial charge >= 0.3 is 0 Å². The van der Waals surface area contributed by atoms with Crippen molar-refractivity contribution >= 4 is 25.8 Å². The highest BCUT2D eigenvalue weighted by molar-refractivity contribution is 7.91. The summed E-state index contributed by atoms with van der Waals surface area (Å²) in [6, 6.07) is 18.0. The average molecular weight is 674 g/mol. The minimum absolute atomic E-state index is 0.00206. The molecular formula is C33H43N3O8S2. The highest BCUT2D eigenvalue weighted by atomic mass is 32.2. The number of pyridine rings is 1. The van der Waals surface area contributed by atoms with Gasteiger partial charge in [-0.15, -0.1) is 0 Å². The van der Waals surface area contributed by atoms with Crippen LogP contribution in [0.2, 0.25) is 0 Å². The largest absolute Gasteiger partial charge is 0.486 e. The molecular weight excluding hydrogens is 631 g/mol. The number of benzene rings is 2. The van der Waals surface area contributed by atoms with Crippen LogP contribution in [-0.4, -0.2) is 87.1 Å². The van der Waals surface area contributed by atoms with Crippen LogP contribution in [0.25, 0.3) is 0 Å². The standard InChI is InChI=1S/C33H43N3O8S2/c1-24(2)21-36(46(41,42)28-12-13-31-32(20-28)44-17-16-43-31)22-30(37)29(19-26-9-5-4-6-10-26)35-33(38)25(3)23-45(39,40)18-14-27-11-7-8-15-34-27/h4-13,15,20,24-25,29-30,37H,14,16-19,21-23H2,1-3H3,(H,35,38)/t25-,29?,30-/m1/s1. The molecule has 46 heavy (non-hydrogen) atoms. The summed E-state index contributed by atoms with van der Waals surface area (Å²) >= 11 is 0. The van der Waals surface area contributed by atoms with E-state index >= 15 is 0 Å². The smallest absolute Gasteiger partial charge is 0.243 e. The molecule has 0 bridgehead atoms. The second-order valence-electron chi connectivity index (χ2n) is 12.0. The second-order valence-corrected chi connectivity index (χ2v) is 16.1. The molecule has 1 aliphatic heterocycles. The number of nitrogens with one attached hydrogen (secondary N) is 1. The van der Waals surface area contributed by atoms with E-state index in [2.05, 4.69) is 10.3 Å². The number of carbonyl (C=O) groups is 1. The van der Waals surface area contributed by atoms with E-state index in [4.69, 9.17) is 9.47 Å². The summed E-state index contributed by atoms with van der Waals surface area (Å²) in [6.07, 6.45) is 0.714. The molecule has 0 spiro atoms. The van der Waals surface area contributed by atoms with Crippen LogP contribution in [0.5, 0.6) is 11.5 Å². The molecule has 1 amide bonds. The van der Waals surface area contributed by atoms with E-state index in [-0.39, 0.29) is 48.3 Å². The Bertz CT molecular complexity index is 1650. The summed E-state index contributed by atoms with van der Waals surface area (Å²) in [6.45, 7) is 5.76. The molecule has 1 aromatic heterocycles. The van der Waals surface area contributed by atoms with E-state index in [9.17, 15) is 26.7 Å². The van der Waals surface area contributed by atoms with Crippen LogP contribution in [0.15, 0.2) is 77.8 Å². The van der Waals surface area contributed by atoms with Crippen molar-refractivity contribution in [3.8, 4) is 11.5 Å². The maximum absolute atomic E-state index is 13.9. The third-order valence-electron chi connectivity index (χ3n) is 7.55. The third kappa shape index (κ3) is 9.99. The summed E-state index contributed by atoms with van der Waals surface area (Å²) in [5.74, 6) is -1.27. The number of aromatic nitrogens is 1. The zero-order valence-corrected chi connectivity index (χ0v) is 28.0. The lowest BCUT2D eigenvalue weighted by Crippen LogP contribution is -2.52. The molecule has 2 N–H and O–H groups in total. The maximum atomic E-state index is 13.9. The van der Waals surface area contributed by atoms with Crippen molar-refractivity contribution in [1.82, 2.24) is 14.6 Å². The monoisotopic (exact) mass is 673 g/mol. The van der Waals surface area contributed by atoms with Gasteiger partial charge in [-0.3, -0.25) is 9.78 Å². The fraction of sp³-hybridized carbons (Fsp3) is 0.455. The first kappa shape index (κ1) is 35.3. The van der Waals surface area contributed by atoms with E-state index in [1.54, 1.807) is 30.5 Å². The van der Waals surface area contributed by atoms with Crippen molar-refractivity contribution in [1.29, 1.82) is 0 Å². The highest BCUT2D eigenvalue weighted by Gasteiger charge is 2.33. The number of hydrogen-bond acceptors (Lipinski definition) is 9. The Morgan fingerprint density at radius 3 is 2.30 bits per heavy atom. The molecule has 13 heteroatoms. The Morgan fingerprint density at radius 2 is 1.63 bits per heavy atom. The quantitative estimate of drug-likeness (QED) is 0.234. The summed E-state index contributed by atoms with van der Waals surface area (Å²) < 4.78 is 65.8. The lowest BCUT2D eigenvalue weighted by molar-refractivity contribution is -0.125. The van der Waals surface area contributed by atoms with Crippen molar-refractivity contribution in [2.45, 2.75) is 50.7 Å².